The molecule has 6 heteroatoms. The van der Waals surface area contributed by atoms with Crippen LogP contribution in [0.5, 0.6) is 0 Å². The summed E-state index contributed by atoms with van der Waals surface area (Å²) in [5.41, 5.74) is 10.3. The monoisotopic (exact) mass is 263 g/mol. The summed E-state index contributed by atoms with van der Waals surface area (Å²) in [6.07, 6.45) is 2.48. The molecule has 0 bridgehead atoms. The molecule has 0 aliphatic heterocycles. The maximum Gasteiger partial charge on any atom is 0.224 e. The average molecular weight is 264 g/mol. The van der Waals surface area contributed by atoms with E-state index in [1.54, 1.807) is 13.8 Å². The molecule has 0 aromatic rings. The minimum atomic E-state index is -0.698. The standard InChI is InChI=1S/C11H21N3O2.ClH/c1-11(2,10(13)16)6-14-9(15)7-3-4-8(12)5-7;/h7-8H,3-6,12H2,1-2H3,(H2,13,16)(H,14,15);1H. The first kappa shape index (κ1) is 16.2. The molecule has 1 aliphatic carbocycles. The fraction of sp³-hybridized carbons (Fsp3) is 0.818. The predicted octanol–water partition coefficient (Wildman–Crippen LogP) is 0.163. The van der Waals surface area contributed by atoms with Gasteiger partial charge in [-0.1, -0.05) is 0 Å². The molecule has 5 N–H and O–H groups in total. The Balaban J connectivity index is 0.00000256. The normalized spacial score (nSPS) is 23.9. The molecule has 100 valence electrons. The van der Waals surface area contributed by atoms with Crippen LogP contribution in [0.3, 0.4) is 0 Å². The molecule has 2 atom stereocenters. The van der Waals surface area contributed by atoms with Gasteiger partial charge >= 0.3 is 0 Å². The topological polar surface area (TPSA) is 98.2 Å². The summed E-state index contributed by atoms with van der Waals surface area (Å²) in [7, 11) is 0. The molecule has 1 saturated carbocycles. The second-order valence-corrected chi connectivity index (χ2v) is 5.24. The van der Waals surface area contributed by atoms with Gasteiger partial charge in [0.1, 0.15) is 0 Å². The molecular weight excluding hydrogens is 242 g/mol. The lowest BCUT2D eigenvalue weighted by molar-refractivity contribution is -0.128. The van der Waals surface area contributed by atoms with E-state index < -0.39 is 11.3 Å². The number of hydrogen-bond acceptors (Lipinski definition) is 3. The molecule has 1 aliphatic rings. The molecule has 0 spiro atoms. The minimum Gasteiger partial charge on any atom is -0.369 e. The van der Waals surface area contributed by atoms with Crippen LogP contribution in [0.1, 0.15) is 33.1 Å². The van der Waals surface area contributed by atoms with E-state index in [1.165, 1.54) is 0 Å². The highest BCUT2D eigenvalue weighted by Crippen LogP contribution is 2.24. The van der Waals surface area contributed by atoms with Crippen LogP contribution < -0.4 is 16.8 Å². The number of carbonyl (C=O) groups excluding carboxylic acids is 2. The zero-order chi connectivity index (χ0) is 12.3. The summed E-state index contributed by atoms with van der Waals surface area (Å²) in [6, 6.07) is 0.139. The van der Waals surface area contributed by atoms with Crippen LogP contribution in [-0.4, -0.2) is 24.4 Å². The maximum atomic E-state index is 11.7. The zero-order valence-electron chi connectivity index (χ0n) is 10.4. The first-order chi connectivity index (χ1) is 7.33. The number of hydrogen-bond donors (Lipinski definition) is 3. The van der Waals surface area contributed by atoms with Crippen LogP contribution >= 0.6 is 12.4 Å². The highest BCUT2D eigenvalue weighted by Gasteiger charge is 2.30. The van der Waals surface area contributed by atoms with Crippen molar-refractivity contribution in [3.05, 3.63) is 0 Å². The van der Waals surface area contributed by atoms with Gasteiger partial charge in [0.25, 0.3) is 0 Å². The summed E-state index contributed by atoms with van der Waals surface area (Å²) in [4.78, 5) is 22.8. The molecule has 0 saturated heterocycles. The van der Waals surface area contributed by atoms with Crippen LogP contribution in [0.25, 0.3) is 0 Å². The van der Waals surface area contributed by atoms with Crippen molar-refractivity contribution in [3.63, 3.8) is 0 Å². The van der Waals surface area contributed by atoms with E-state index in [1.807, 2.05) is 0 Å². The van der Waals surface area contributed by atoms with E-state index in [0.717, 1.165) is 19.3 Å². The van der Waals surface area contributed by atoms with Crippen molar-refractivity contribution in [3.8, 4) is 0 Å². The van der Waals surface area contributed by atoms with Crippen molar-refractivity contribution in [1.82, 2.24) is 5.32 Å². The zero-order valence-corrected chi connectivity index (χ0v) is 11.2. The number of nitrogens with two attached hydrogens (primary N) is 2. The Morgan fingerprint density at radius 3 is 2.35 bits per heavy atom. The van der Waals surface area contributed by atoms with Crippen LogP contribution in [0.2, 0.25) is 0 Å². The number of halogens is 1. The summed E-state index contributed by atoms with van der Waals surface area (Å²) in [5, 5.41) is 2.77. The summed E-state index contributed by atoms with van der Waals surface area (Å²) < 4.78 is 0. The van der Waals surface area contributed by atoms with E-state index in [2.05, 4.69) is 5.32 Å². The van der Waals surface area contributed by atoms with E-state index in [-0.39, 0.29) is 36.8 Å². The molecule has 17 heavy (non-hydrogen) atoms. The third kappa shape index (κ3) is 4.52. The maximum absolute atomic E-state index is 11.7. The molecular formula is C11H22ClN3O2. The quantitative estimate of drug-likeness (QED) is 0.674. The van der Waals surface area contributed by atoms with Crippen molar-refractivity contribution < 1.29 is 9.59 Å². The van der Waals surface area contributed by atoms with Crippen molar-refractivity contribution in [1.29, 1.82) is 0 Å². The molecule has 0 radical (unpaired) electrons. The summed E-state index contributed by atoms with van der Waals surface area (Å²) in [5.74, 6) is -0.420. The Morgan fingerprint density at radius 2 is 1.94 bits per heavy atom. The largest absolute Gasteiger partial charge is 0.369 e. The van der Waals surface area contributed by atoms with Gasteiger partial charge in [-0.3, -0.25) is 9.59 Å². The number of carbonyl (C=O) groups is 2. The number of nitrogens with one attached hydrogen (secondary N) is 1. The number of rotatable bonds is 4. The highest BCUT2D eigenvalue weighted by atomic mass is 35.5. The van der Waals surface area contributed by atoms with E-state index in [0.29, 0.717) is 0 Å². The van der Waals surface area contributed by atoms with E-state index >= 15 is 0 Å². The average Bonchev–Trinajstić information content (AvgIpc) is 2.61. The van der Waals surface area contributed by atoms with Crippen LogP contribution in [0, 0.1) is 11.3 Å². The second kappa shape index (κ2) is 6.21. The van der Waals surface area contributed by atoms with Crippen molar-refractivity contribution in [2.45, 2.75) is 39.2 Å². The van der Waals surface area contributed by atoms with Gasteiger partial charge in [-0.25, -0.2) is 0 Å². The minimum absolute atomic E-state index is 0. The van der Waals surface area contributed by atoms with E-state index in [9.17, 15) is 9.59 Å². The Hall–Kier alpha value is -0.810. The molecule has 0 heterocycles. The molecule has 1 fully saturated rings. The Kier molecular flexibility index (Phi) is 5.92. The molecule has 0 aromatic heterocycles. The lowest BCUT2D eigenvalue weighted by Crippen LogP contribution is -2.43. The van der Waals surface area contributed by atoms with Crippen LogP contribution in [-0.2, 0) is 9.59 Å². The van der Waals surface area contributed by atoms with Gasteiger partial charge in [-0.05, 0) is 33.1 Å². The highest BCUT2D eigenvalue weighted by molar-refractivity contribution is 5.85. The molecule has 0 aromatic carbocycles. The summed E-state index contributed by atoms with van der Waals surface area (Å²) >= 11 is 0. The number of primary amides is 1. The first-order valence-corrected chi connectivity index (χ1v) is 5.66. The van der Waals surface area contributed by atoms with E-state index in [4.69, 9.17) is 11.5 Å². The molecule has 1 rings (SSSR count). The third-order valence-corrected chi connectivity index (χ3v) is 3.22. The van der Waals surface area contributed by atoms with Gasteiger partial charge < -0.3 is 16.8 Å². The second-order valence-electron chi connectivity index (χ2n) is 5.24. The SMILES string of the molecule is CC(C)(CNC(=O)C1CCC(N)C1)C(N)=O.Cl. The summed E-state index contributed by atoms with van der Waals surface area (Å²) in [6.45, 7) is 3.72. The van der Waals surface area contributed by atoms with Gasteiger partial charge in [0.2, 0.25) is 11.8 Å². The van der Waals surface area contributed by atoms with Gasteiger partial charge in [0.05, 0.1) is 5.41 Å². The first-order valence-electron chi connectivity index (χ1n) is 5.66. The van der Waals surface area contributed by atoms with Crippen molar-refractivity contribution in [2.24, 2.45) is 22.8 Å². The molecule has 5 nitrogen and oxygen atoms in total. The Morgan fingerprint density at radius 1 is 1.35 bits per heavy atom. The fourth-order valence-corrected chi connectivity index (χ4v) is 1.79. The smallest absolute Gasteiger partial charge is 0.224 e. The lowest BCUT2D eigenvalue weighted by atomic mass is 9.92. The fourth-order valence-electron chi connectivity index (χ4n) is 1.79. The van der Waals surface area contributed by atoms with Crippen LogP contribution in [0.15, 0.2) is 0 Å². The molecule has 2 unspecified atom stereocenters. The lowest BCUT2D eigenvalue weighted by Gasteiger charge is -2.22. The van der Waals surface area contributed by atoms with Crippen molar-refractivity contribution in [2.75, 3.05) is 6.54 Å². The van der Waals surface area contributed by atoms with Crippen molar-refractivity contribution >= 4 is 24.2 Å². The van der Waals surface area contributed by atoms with Gasteiger partial charge in [-0.15, -0.1) is 12.4 Å². The number of amides is 2. The van der Waals surface area contributed by atoms with Gasteiger partial charge in [-0.2, -0.15) is 0 Å². The Labute approximate surface area is 108 Å². The Bertz CT molecular complexity index is 294. The predicted molar refractivity (Wildman–Crippen MR) is 68.5 cm³/mol. The van der Waals surface area contributed by atoms with Gasteiger partial charge in [0, 0.05) is 18.5 Å². The third-order valence-electron chi connectivity index (χ3n) is 3.22. The molecule has 2 amide bonds. The van der Waals surface area contributed by atoms with Crippen LogP contribution in [0.4, 0.5) is 0 Å². The van der Waals surface area contributed by atoms with Gasteiger partial charge in [0.15, 0.2) is 0 Å².